The maximum absolute atomic E-state index is 6.21. The van der Waals surface area contributed by atoms with E-state index in [1.54, 1.807) is 0 Å². The fourth-order valence-corrected chi connectivity index (χ4v) is 3.43. The maximum atomic E-state index is 6.21. The van der Waals surface area contributed by atoms with Crippen LogP contribution in [0, 0.1) is 5.92 Å². The molecule has 2 aliphatic rings. The van der Waals surface area contributed by atoms with Crippen molar-refractivity contribution in [2.45, 2.75) is 64.0 Å². The molecule has 1 aromatic rings. The van der Waals surface area contributed by atoms with Gasteiger partial charge in [-0.2, -0.15) is 0 Å². The molecular weight excluding hydrogens is 234 g/mol. The molecule has 19 heavy (non-hydrogen) atoms. The van der Waals surface area contributed by atoms with Crippen LogP contribution in [0.2, 0.25) is 0 Å². The number of nitrogens with two attached hydrogens (primary N) is 1. The Morgan fingerprint density at radius 3 is 2.68 bits per heavy atom. The average Bonchev–Trinajstić information content (AvgIpc) is 2.42. The highest BCUT2D eigenvalue weighted by Crippen LogP contribution is 2.33. The summed E-state index contributed by atoms with van der Waals surface area (Å²) >= 11 is 0. The van der Waals surface area contributed by atoms with E-state index in [9.17, 15) is 0 Å². The Bertz CT molecular complexity index is 435. The number of ether oxygens (including phenoxy) is 1. The zero-order chi connectivity index (χ0) is 13.2. The van der Waals surface area contributed by atoms with Crippen LogP contribution in [0.1, 0.15) is 62.6 Å². The average molecular weight is 259 g/mol. The highest BCUT2D eigenvalue weighted by atomic mass is 16.5. The summed E-state index contributed by atoms with van der Waals surface area (Å²) in [6, 6.07) is 6.75. The summed E-state index contributed by atoms with van der Waals surface area (Å²) in [5, 5.41) is 0. The molecule has 3 rings (SSSR count). The highest BCUT2D eigenvalue weighted by Gasteiger charge is 2.21. The van der Waals surface area contributed by atoms with Gasteiger partial charge >= 0.3 is 0 Å². The van der Waals surface area contributed by atoms with Crippen LogP contribution in [0.25, 0.3) is 0 Å². The molecule has 1 aromatic carbocycles. The third kappa shape index (κ3) is 2.94. The number of benzene rings is 1. The first-order valence-electron chi connectivity index (χ1n) is 7.77. The lowest BCUT2D eigenvalue weighted by Crippen LogP contribution is -2.23. The zero-order valence-electron chi connectivity index (χ0n) is 11.9. The Morgan fingerprint density at radius 2 is 1.89 bits per heavy atom. The minimum absolute atomic E-state index is 0.207. The topological polar surface area (TPSA) is 35.2 Å². The Labute approximate surface area is 116 Å². The standard InChI is InChI=1S/C17H25NO/c1-12-5-8-14(9-6-12)19-15-10-7-13-3-2-4-17(18)16(13)11-15/h7,10-12,14,17H,2-6,8-9,18H2,1H3/t12?,14?,17-/m0/s1. The second-order valence-electron chi connectivity index (χ2n) is 6.36. The Morgan fingerprint density at radius 1 is 1.11 bits per heavy atom. The van der Waals surface area contributed by atoms with E-state index >= 15 is 0 Å². The first-order valence-corrected chi connectivity index (χ1v) is 7.77. The third-order valence-corrected chi connectivity index (χ3v) is 4.74. The number of hydrogen-bond donors (Lipinski definition) is 1. The van der Waals surface area contributed by atoms with Gasteiger partial charge in [-0.05, 0) is 74.1 Å². The van der Waals surface area contributed by atoms with Gasteiger partial charge in [-0.25, -0.2) is 0 Å². The molecule has 2 N–H and O–H groups in total. The third-order valence-electron chi connectivity index (χ3n) is 4.74. The van der Waals surface area contributed by atoms with Crippen LogP contribution in [-0.2, 0) is 6.42 Å². The molecule has 0 radical (unpaired) electrons. The van der Waals surface area contributed by atoms with Gasteiger partial charge in [0.15, 0.2) is 0 Å². The molecule has 0 heterocycles. The van der Waals surface area contributed by atoms with Crippen molar-refractivity contribution in [3.8, 4) is 5.75 Å². The van der Waals surface area contributed by atoms with Crippen LogP contribution in [0.3, 0.4) is 0 Å². The van der Waals surface area contributed by atoms with Gasteiger partial charge in [0.1, 0.15) is 5.75 Å². The van der Waals surface area contributed by atoms with Crippen molar-refractivity contribution in [2.24, 2.45) is 11.7 Å². The van der Waals surface area contributed by atoms with Gasteiger partial charge in [0.2, 0.25) is 0 Å². The van der Waals surface area contributed by atoms with Gasteiger partial charge < -0.3 is 10.5 Å². The first-order chi connectivity index (χ1) is 9.22. The van der Waals surface area contributed by atoms with Crippen LogP contribution < -0.4 is 10.5 Å². The minimum atomic E-state index is 0.207. The number of aryl methyl sites for hydroxylation is 1. The molecular formula is C17H25NO. The zero-order valence-corrected chi connectivity index (χ0v) is 11.9. The lowest BCUT2D eigenvalue weighted by molar-refractivity contribution is 0.135. The van der Waals surface area contributed by atoms with E-state index in [0.717, 1.165) is 18.1 Å². The fourth-order valence-electron chi connectivity index (χ4n) is 3.43. The quantitative estimate of drug-likeness (QED) is 0.872. The number of hydrogen-bond acceptors (Lipinski definition) is 2. The van der Waals surface area contributed by atoms with Crippen molar-refractivity contribution in [1.29, 1.82) is 0 Å². The van der Waals surface area contributed by atoms with E-state index in [1.807, 2.05) is 0 Å². The van der Waals surface area contributed by atoms with E-state index in [4.69, 9.17) is 10.5 Å². The maximum Gasteiger partial charge on any atom is 0.120 e. The Kier molecular flexibility index (Phi) is 3.79. The molecule has 1 saturated carbocycles. The van der Waals surface area contributed by atoms with Gasteiger partial charge in [0.05, 0.1) is 6.10 Å². The molecule has 2 heteroatoms. The van der Waals surface area contributed by atoms with E-state index in [-0.39, 0.29) is 6.04 Å². The molecule has 2 nitrogen and oxygen atoms in total. The number of fused-ring (bicyclic) bond motifs is 1. The van der Waals surface area contributed by atoms with Crippen molar-refractivity contribution in [1.82, 2.24) is 0 Å². The molecule has 2 aliphatic carbocycles. The fraction of sp³-hybridized carbons (Fsp3) is 0.647. The minimum Gasteiger partial charge on any atom is -0.490 e. The smallest absolute Gasteiger partial charge is 0.120 e. The van der Waals surface area contributed by atoms with Gasteiger partial charge in [0.25, 0.3) is 0 Å². The van der Waals surface area contributed by atoms with Crippen LogP contribution in [0.4, 0.5) is 0 Å². The lowest BCUT2D eigenvalue weighted by Gasteiger charge is -2.28. The Balaban J connectivity index is 1.70. The molecule has 0 saturated heterocycles. The largest absolute Gasteiger partial charge is 0.490 e. The normalized spacial score (nSPS) is 30.7. The summed E-state index contributed by atoms with van der Waals surface area (Å²) in [4.78, 5) is 0. The summed E-state index contributed by atoms with van der Waals surface area (Å²) in [7, 11) is 0. The molecule has 104 valence electrons. The monoisotopic (exact) mass is 259 g/mol. The van der Waals surface area contributed by atoms with Crippen LogP contribution in [-0.4, -0.2) is 6.10 Å². The molecule has 0 amide bonds. The second kappa shape index (κ2) is 5.54. The lowest BCUT2D eigenvalue weighted by atomic mass is 9.87. The predicted molar refractivity (Wildman–Crippen MR) is 78.4 cm³/mol. The summed E-state index contributed by atoms with van der Waals surface area (Å²) in [6.45, 7) is 2.34. The number of rotatable bonds is 2. The second-order valence-corrected chi connectivity index (χ2v) is 6.36. The molecule has 0 spiro atoms. The highest BCUT2D eigenvalue weighted by molar-refractivity contribution is 5.39. The Hall–Kier alpha value is -1.02. The van der Waals surface area contributed by atoms with Crippen LogP contribution in [0.15, 0.2) is 18.2 Å². The van der Waals surface area contributed by atoms with Gasteiger partial charge in [-0.15, -0.1) is 0 Å². The van der Waals surface area contributed by atoms with Gasteiger partial charge in [-0.1, -0.05) is 13.0 Å². The van der Waals surface area contributed by atoms with Gasteiger partial charge in [-0.3, -0.25) is 0 Å². The van der Waals surface area contributed by atoms with Crippen molar-refractivity contribution in [3.63, 3.8) is 0 Å². The van der Waals surface area contributed by atoms with E-state index < -0.39 is 0 Å². The molecule has 0 unspecified atom stereocenters. The summed E-state index contributed by atoms with van der Waals surface area (Å²) in [5.41, 5.74) is 8.94. The molecule has 1 fully saturated rings. The summed E-state index contributed by atoms with van der Waals surface area (Å²) in [5.74, 6) is 1.90. The van der Waals surface area contributed by atoms with E-state index in [2.05, 4.69) is 25.1 Å². The van der Waals surface area contributed by atoms with E-state index in [1.165, 1.54) is 49.7 Å². The van der Waals surface area contributed by atoms with Crippen molar-refractivity contribution in [3.05, 3.63) is 29.3 Å². The molecule has 0 aromatic heterocycles. The summed E-state index contributed by atoms with van der Waals surface area (Å²) < 4.78 is 6.16. The predicted octanol–water partition coefficient (Wildman–Crippen LogP) is 3.98. The van der Waals surface area contributed by atoms with Crippen molar-refractivity contribution >= 4 is 0 Å². The van der Waals surface area contributed by atoms with Crippen LogP contribution >= 0.6 is 0 Å². The molecule has 1 atom stereocenters. The van der Waals surface area contributed by atoms with Crippen molar-refractivity contribution in [2.75, 3.05) is 0 Å². The SMILES string of the molecule is CC1CCC(Oc2ccc3c(c2)[C@@H](N)CCC3)CC1. The molecule has 0 aliphatic heterocycles. The molecule has 0 bridgehead atoms. The summed E-state index contributed by atoms with van der Waals surface area (Å²) in [6.07, 6.45) is 8.91. The van der Waals surface area contributed by atoms with Crippen molar-refractivity contribution < 1.29 is 4.74 Å². The van der Waals surface area contributed by atoms with Crippen LogP contribution in [0.5, 0.6) is 5.75 Å². The van der Waals surface area contributed by atoms with Gasteiger partial charge in [0, 0.05) is 6.04 Å². The first kappa shape index (κ1) is 13.0. The van der Waals surface area contributed by atoms with E-state index in [0.29, 0.717) is 6.10 Å².